The van der Waals surface area contributed by atoms with E-state index in [9.17, 15) is 8.42 Å². The second-order valence-corrected chi connectivity index (χ2v) is 5.79. The van der Waals surface area contributed by atoms with Gasteiger partial charge in [0.2, 0.25) is 10.0 Å². The van der Waals surface area contributed by atoms with Gasteiger partial charge in [-0.2, -0.15) is 4.31 Å². The molecule has 0 radical (unpaired) electrons. The second-order valence-electron chi connectivity index (χ2n) is 3.81. The highest BCUT2D eigenvalue weighted by atomic mass is 32.2. The lowest BCUT2D eigenvalue weighted by Gasteiger charge is -2.18. The Hall–Kier alpha value is -0.910. The third kappa shape index (κ3) is 3.92. The molecule has 0 amide bonds. The summed E-state index contributed by atoms with van der Waals surface area (Å²) in [7, 11) is -3.26. The van der Waals surface area contributed by atoms with Gasteiger partial charge in [0.05, 0.1) is 12.9 Å². The van der Waals surface area contributed by atoms with E-state index in [4.69, 9.17) is 5.11 Å². The van der Waals surface area contributed by atoms with Crippen LogP contribution in [0.4, 0.5) is 0 Å². The van der Waals surface area contributed by atoms with Crippen LogP contribution in [-0.4, -0.2) is 37.2 Å². The molecule has 0 saturated heterocycles. The fraction of sp³-hybridized carbons (Fsp3) is 0.455. The maximum absolute atomic E-state index is 11.4. The van der Waals surface area contributed by atoms with Crippen LogP contribution in [0.15, 0.2) is 24.3 Å². The van der Waals surface area contributed by atoms with Crippen molar-refractivity contribution in [2.45, 2.75) is 13.5 Å². The summed E-state index contributed by atoms with van der Waals surface area (Å²) in [5, 5.41) is 8.82. The summed E-state index contributed by atoms with van der Waals surface area (Å²) >= 11 is 0. The largest absolute Gasteiger partial charge is 0.395 e. The van der Waals surface area contributed by atoms with Crippen molar-refractivity contribution in [1.82, 2.24) is 4.31 Å². The zero-order valence-corrected chi connectivity index (χ0v) is 10.4. The number of benzene rings is 1. The molecule has 5 heteroatoms. The SMILES string of the molecule is Cc1ccc(CN(CCO)S(C)(=O)=O)cc1. The maximum Gasteiger partial charge on any atom is 0.211 e. The van der Waals surface area contributed by atoms with Gasteiger partial charge in [-0.25, -0.2) is 8.42 Å². The molecule has 0 aliphatic rings. The zero-order valence-electron chi connectivity index (χ0n) is 9.55. The standard InChI is InChI=1S/C11H17NO3S/c1-10-3-5-11(6-4-10)9-12(7-8-13)16(2,14)15/h3-6,13H,7-9H2,1-2H3. The van der Waals surface area contributed by atoms with Gasteiger partial charge in [-0.3, -0.25) is 0 Å². The highest BCUT2D eigenvalue weighted by molar-refractivity contribution is 7.88. The Balaban J connectivity index is 2.80. The topological polar surface area (TPSA) is 57.6 Å². The van der Waals surface area contributed by atoms with E-state index in [-0.39, 0.29) is 13.2 Å². The van der Waals surface area contributed by atoms with E-state index < -0.39 is 10.0 Å². The number of nitrogens with zero attached hydrogens (tertiary/aromatic N) is 1. The fourth-order valence-corrected chi connectivity index (χ4v) is 2.17. The number of hydrogen-bond acceptors (Lipinski definition) is 3. The highest BCUT2D eigenvalue weighted by Crippen LogP contribution is 2.09. The minimum absolute atomic E-state index is 0.132. The van der Waals surface area contributed by atoms with Crippen molar-refractivity contribution in [3.8, 4) is 0 Å². The first-order chi connectivity index (χ1) is 7.43. The van der Waals surface area contributed by atoms with Crippen LogP contribution >= 0.6 is 0 Å². The van der Waals surface area contributed by atoms with Crippen LogP contribution in [-0.2, 0) is 16.6 Å². The van der Waals surface area contributed by atoms with Crippen LogP contribution < -0.4 is 0 Å². The van der Waals surface area contributed by atoms with Crippen molar-refractivity contribution in [3.05, 3.63) is 35.4 Å². The van der Waals surface area contributed by atoms with Crippen LogP contribution in [0.3, 0.4) is 0 Å². The van der Waals surface area contributed by atoms with E-state index >= 15 is 0 Å². The molecule has 90 valence electrons. The normalized spacial score (nSPS) is 12.0. The molecule has 4 nitrogen and oxygen atoms in total. The average Bonchev–Trinajstić information content (AvgIpc) is 2.19. The molecule has 0 fully saturated rings. The zero-order chi connectivity index (χ0) is 12.2. The van der Waals surface area contributed by atoms with Crippen LogP contribution in [0, 0.1) is 6.92 Å². The van der Waals surface area contributed by atoms with E-state index in [2.05, 4.69) is 0 Å². The molecule has 0 aromatic heterocycles. The van der Waals surface area contributed by atoms with Gasteiger partial charge in [-0.05, 0) is 12.5 Å². The van der Waals surface area contributed by atoms with Gasteiger partial charge in [-0.15, -0.1) is 0 Å². The summed E-state index contributed by atoms with van der Waals surface area (Å²) in [6, 6.07) is 7.67. The van der Waals surface area contributed by atoms with E-state index in [0.717, 1.165) is 17.4 Å². The Morgan fingerprint density at radius 3 is 2.25 bits per heavy atom. The first-order valence-electron chi connectivity index (χ1n) is 5.05. The Labute approximate surface area is 96.6 Å². The molecule has 0 aliphatic carbocycles. The van der Waals surface area contributed by atoms with Crippen molar-refractivity contribution in [2.24, 2.45) is 0 Å². The number of sulfonamides is 1. The number of aliphatic hydroxyl groups is 1. The number of hydrogen-bond donors (Lipinski definition) is 1. The maximum atomic E-state index is 11.4. The van der Waals surface area contributed by atoms with Gasteiger partial charge >= 0.3 is 0 Å². The molecule has 0 atom stereocenters. The Bertz CT molecular complexity index is 425. The van der Waals surface area contributed by atoms with Gasteiger partial charge in [-0.1, -0.05) is 29.8 Å². The van der Waals surface area contributed by atoms with Crippen LogP contribution in [0.1, 0.15) is 11.1 Å². The molecule has 0 unspecified atom stereocenters. The van der Waals surface area contributed by atoms with Crippen LogP contribution in [0.5, 0.6) is 0 Å². The third-order valence-electron chi connectivity index (χ3n) is 2.30. The first-order valence-corrected chi connectivity index (χ1v) is 6.90. The Morgan fingerprint density at radius 1 is 1.25 bits per heavy atom. The lowest BCUT2D eigenvalue weighted by Crippen LogP contribution is -2.32. The van der Waals surface area contributed by atoms with Gasteiger partial charge in [0, 0.05) is 13.1 Å². The highest BCUT2D eigenvalue weighted by Gasteiger charge is 2.15. The Kier molecular flexibility index (Phi) is 4.46. The quantitative estimate of drug-likeness (QED) is 0.830. The molecule has 0 bridgehead atoms. The van der Waals surface area contributed by atoms with Crippen LogP contribution in [0.25, 0.3) is 0 Å². The van der Waals surface area contributed by atoms with Crippen molar-refractivity contribution >= 4 is 10.0 Å². The lowest BCUT2D eigenvalue weighted by atomic mass is 10.1. The fourth-order valence-electron chi connectivity index (χ4n) is 1.37. The molecule has 0 saturated carbocycles. The molecule has 1 aromatic rings. The molecule has 1 aromatic carbocycles. The molecule has 0 spiro atoms. The van der Waals surface area contributed by atoms with Gasteiger partial charge in [0.1, 0.15) is 0 Å². The van der Waals surface area contributed by atoms with Crippen molar-refractivity contribution < 1.29 is 13.5 Å². The summed E-state index contributed by atoms with van der Waals surface area (Å²) in [6.45, 7) is 2.25. The molecule has 0 aliphatic heterocycles. The summed E-state index contributed by atoms with van der Waals surface area (Å²) < 4.78 is 24.1. The predicted molar refractivity (Wildman–Crippen MR) is 63.5 cm³/mol. The smallest absolute Gasteiger partial charge is 0.211 e. The molecular formula is C11H17NO3S. The van der Waals surface area contributed by atoms with Crippen molar-refractivity contribution in [1.29, 1.82) is 0 Å². The monoisotopic (exact) mass is 243 g/mol. The number of rotatable bonds is 5. The summed E-state index contributed by atoms with van der Waals surface area (Å²) in [5.41, 5.74) is 2.06. The number of aliphatic hydroxyl groups excluding tert-OH is 1. The molecule has 0 heterocycles. The van der Waals surface area contributed by atoms with Crippen molar-refractivity contribution in [2.75, 3.05) is 19.4 Å². The average molecular weight is 243 g/mol. The van der Waals surface area contributed by atoms with E-state index in [1.165, 1.54) is 4.31 Å². The summed E-state index contributed by atoms with van der Waals surface area (Å²) in [5.74, 6) is 0. The van der Waals surface area contributed by atoms with Crippen molar-refractivity contribution in [3.63, 3.8) is 0 Å². The lowest BCUT2D eigenvalue weighted by molar-refractivity contribution is 0.251. The Morgan fingerprint density at radius 2 is 1.81 bits per heavy atom. The minimum Gasteiger partial charge on any atom is -0.395 e. The van der Waals surface area contributed by atoms with E-state index in [0.29, 0.717) is 6.54 Å². The molecule has 1 N–H and O–H groups in total. The summed E-state index contributed by atoms with van der Waals surface area (Å²) in [6.07, 6.45) is 1.15. The summed E-state index contributed by atoms with van der Waals surface area (Å²) in [4.78, 5) is 0. The third-order valence-corrected chi connectivity index (χ3v) is 3.55. The molecule has 16 heavy (non-hydrogen) atoms. The van der Waals surface area contributed by atoms with E-state index in [1.54, 1.807) is 0 Å². The van der Waals surface area contributed by atoms with Gasteiger partial charge < -0.3 is 5.11 Å². The second kappa shape index (κ2) is 5.43. The first kappa shape index (κ1) is 13.2. The van der Waals surface area contributed by atoms with Gasteiger partial charge in [0.15, 0.2) is 0 Å². The van der Waals surface area contributed by atoms with Crippen LogP contribution in [0.2, 0.25) is 0 Å². The van der Waals surface area contributed by atoms with Gasteiger partial charge in [0.25, 0.3) is 0 Å². The molecule has 1 rings (SSSR count). The minimum atomic E-state index is -3.26. The predicted octanol–water partition coefficient (Wildman–Crippen LogP) is 0.749. The molecular weight excluding hydrogens is 226 g/mol. The van der Waals surface area contributed by atoms with E-state index in [1.807, 2.05) is 31.2 Å². The number of aryl methyl sites for hydroxylation is 1.